The molecule has 3 rings (SSSR count). The summed E-state index contributed by atoms with van der Waals surface area (Å²) in [5, 5.41) is 2.93. The largest absolute Gasteiger partial charge is 0.495 e. The van der Waals surface area contributed by atoms with Crippen LogP contribution in [0.5, 0.6) is 5.75 Å². The first-order chi connectivity index (χ1) is 18.6. The Morgan fingerprint density at radius 1 is 0.949 bits per heavy atom. The van der Waals surface area contributed by atoms with Crippen molar-refractivity contribution in [2.24, 2.45) is 0 Å². The number of anilines is 1. The third-order valence-electron chi connectivity index (χ3n) is 6.58. The van der Waals surface area contributed by atoms with Gasteiger partial charge in [-0.2, -0.15) is 0 Å². The molecule has 39 heavy (non-hydrogen) atoms. The Bertz CT molecular complexity index is 1360. The predicted molar refractivity (Wildman–Crippen MR) is 153 cm³/mol. The molecule has 0 aliphatic carbocycles. The van der Waals surface area contributed by atoms with Crippen molar-refractivity contribution in [1.82, 2.24) is 10.2 Å². The van der Waals surface area contributed by atoms with Crippen LogP contribution in [-0.4, -0.2) is 50.9 Å². The molecular formula is C30H37N3O5S. The van der Waals surface area contributed by atoms with Crippen molar-refractivity contribution < 1.29 is 22.7 Å². The predicted octanol–water partition coefficient (Wildman–Crippen LogP) is 4.53. The quantitative estimate of drug-likeness (QED) is 0.357. The van der Waals surface area contributed by atoms with Gasteiger partial charge in [-0.3, -0.25) is 13.9 Å². The van der Waals surface area contributed by atoms with E-state index in [2.05, 4.69) is 5.32 Å². The van der Waals surface area contributed by atoms with Crippen LogP contribution in [0.25, 0.3) is 0 Å². The van der Waals surface area contributed by atoms with Crippen LogP contribution in [0, 0.1) is 6.92 Å². The van der Waals surface area contributed by atoms with E-state index in [9.17, 15) is 18.0 Å². The molecule has 0 saturated carbocycles. The first kappa shape index (κ1) is 29.7. The maximum absolute atomic E-state index is 14.0. The highest BCUT2D eigenvalue weighted by Gasteiger charge is 2.34. The standard InChI is InChI=1S/C30H37N3O5S/c1-6-23(3)31-30(35)24(4)32(20-25-13-9-7-10-14-25)29(34)21-33(27-19-22(2)17-18-28(27)38-5)39(36,37)26-15-11-8-12-16-26/h7-19,23-24H,6,20-21H2,1-5H3,(H,31,35)/t23-,24-/m1/s1. The van der Waals surface area contributed by atoms with E-state index >= 15 is 0 Å². The van der Waals surface area contributed by atoms with Crippen LogP contribution in [0.3, 0.4) is 0 Å². The Balaban J connectivity index is 2.07. The highest BCUT2D eigenvalue weighted by Crippen LogP contribution is 2.33. The fraction of sp³-hybridized carbons (Fsp3) is 0.333. The van der Waals surface area contributed by atoms with Crippen molar-refractivity contribution in [2.45, 2.75) is 57.6 Å². The van der Waals surface area contributed by atoms with Gasteiger partial charge in [0.25, 0.3) is 10.0 Å². The van der Waals surface area contributed by atoms with Gasteiger partial charge in [-0.25, -0.2) is 8.42 Å². The summed E-state index contributed by atoms with van der Waals surface area (Å²) in [6.07, 6.45) is 0.737. The fourth-order valence-electron chi connectivity index (χ4n) is 4.06. The second kappa shape index (κ2) is 13.3. The maximum atomic E-state index is 14.0. The van der Waals surface area contributed by atoms with E-state index in [0.717, 1.165) is 21.9 Å². The molecule has 3 aromatic rings. The number of hydrogen-bond acceptors (Lipinski definition) is 5. The van der Waals surface area contributed by atoms with Gasteiger partial charge in [0.05, 0.1) is 17.7 Å². The summed E-state index contributed by atoms with van der Waals surface area (Å²) in [7, 11) is -2.72. The number of carbonyl (C=O) groups is 2. The third kappa shape index (κ3) is 7.38. The lowest BCUT2D eigenvalue weighted by molar-refractivity contribution is -0.139. The lowest BCUT2D eigenvalue weighted by Crippen LogP contribution is -2.52. The van der Waals surface area contributed by atoms with Gasteiger partial charge in [0, 0.05) is 12.6 Å². The minimum absolute atomic E-state index is 0.0403. The molecular weight excluding hydrogens is 514 g/mol. The number of ether oxygens (including phenoxy) is 1. The van der Waals surface area contributed by atoms with Crippen LogP contribution in [0.1, 0.15) is 38.3 Å². The molecule has 2 amide bonds. The van der Waals surface area contributed by atoms with Gasteiger partial charge in [0.2, 0.25) is 11.8 Å². The van der Waals surface area contributed by atoms with Crippen LogP contribution in [-0.2, 0) is 26.2 Å². The number of hydrogen-bond donors (Lipinski definition) is 1. The number of nitrogens with one attached hydrogen (secondary N) is 1. The molecule has 9 heteroatoms. The Labute approximate surface area is 231 Å². The van der Waals surface area contributed by atoms with E-state index < -0.39 is 28.5 Å². The zero-order chi connectivity index (χ0) is 28.6. The second-order valence-corrected chi connectivity index (χ2v) is 11.4. The fourth-order valence-corrected chi connectivity index (χ4v) is 5.49. The topological polar surface area (TPSA) is 96.0 Å². The molecule has 0 aromatic heterocycles. The first-order valence-electron chi connectivity index (χ1n) is 12.9. The van der Waals surface area contributed by atoms with E-state index in [0.29, 0.717) is 5.75 Å². The third-order valence-corrected chi connectivity index (χ3v) is 8.35. The minimum Gasteiger partial charge on any atom is -0.495 e. The van der Waals surface area contributed by atoms with Crippen molar-refractivity contribution in [3.05, 3.63) is 90.0 Å². The monoisotopic (exact) mass is 551 g/mol. The summed E-state index contributed by atoms with van der Waals surface area (Å²) in [5.41, 5.74) is 1.86. The van der Waals surface area contributed by atoms with Crippen LogP contribution in [0.2, 0.25) is 0 Å². The van der Waals surface area contributed by atoms with Crippen molar-refractivity contribution in [3.63, 3.8) is 0 Å². The van der Waals surface area contributed by atoms with E-state index in [1.807, 2.05) is 51.1 Å². The van der Waals surface area contributed by atoms with Gasteiger partial charge in [-0.15, -0.1) is 0 Å². The molecule has 0 heterocycles. The summed E-state index contributed by atoms with van der Waals surface area (Å²) < 4.78 is 34.4. The molecule has 0 aliphatic rings. The molecule has 0 saturated heterocycles. The number of sulfonamides is 1. The zero-order valence-electron chi connectivity index (χ0n) is 23.1. The van der Waals surface area contributed by atoms with Gasteiger partial charge in [0.15, 0.2) is 0 Å². The summed E-state index contributed by atoms with van der Waals surface area (Å²) >= 11 is 0. The summed E-state index contributed by atoms with van der Waals surface area (Å²) in [5.74, 6) is -0.516. The molecule has 0 bridgehead atoms. The Morgan fingerprint density at radius 2 is 1.56 bits per heavy atom. The molecule has 0 fully saturated rings. The normalized spacial score (nSPS) is 12.7. The molecule has 0 unspecified atom stereocenters. The molecule has 1 N–H and O–H groups in total. The maximum Gasteiger partial charge on any atom is 0.264 e. The molecule has 2 atom stereocenters. The number of benzene rings is 3. The average Bonchev–Trinajstić information content (AvgIpc) is 2.94. The number of methoxy groups -OCH3 is 1. The second-order valence-electron chi connectivity index (χ2n) is 9.50. The van der Waals surface area contributed by atoms with Crippen molar-refractivity contribution in [3.8, 4) is 5.75 Å². The number of aryl methyl sites for hydroxylation is 1. The molecule has 3 aromatic carbocycles. The molecule has 208 valence electrons. The van der Waals surface area contributed by atoms with Crippen molar-refractivity contribution >= 4 is 27.5 Å². The summed E-state index contributed by atoms with van der Waals surface area (Å²) in [6, 6.07) is 21.5. The highest BCUT2D eigenvalue weighted by molar-refractivity contribution is 7.92. The number of rotatable bonds is 12. The van der Waals surface area contributed by atoms with Gasteiger partial charge in [-0.05, 0) is 62.6 Å². The summed E-state index contributed by atoms with van der Waals surface area (Å²) in [6.45, 7) is 6.96. The van der Waals surface area contributed by atoms with Crippen LogP contribution < -0.4 is 14.4 Å². The minimum atomic E-state index is -4.17. The van der Waals surface area contributed by atoms with E-state index in [1.54, 1.807) is 43.3 Å². The molecule has 8 nitrogen and oxygen atoms in total. The zero-order valence-corrected chi connectivity index (χ0v) is 23.9. The smallest absolute Gasteiger partial charge is 0.264 e. The lowest BCUT2D eigenvalue weighted by Gasteiger charge is -2.33. The highest BCUT2D eigenvalue weighted by atomic mass is 32.2. The number of amides is 2. The number of nitrogens with zero attached hydrogens (tertiary/aromatic N) is 2. The Hall–Kier alpha value is -3.85. The van der Waals surface area contributed by atoms with Crippen molar-refractivity contribution in [2.75, 3.05) is 18.0 Å². The molecule has 0 aliphatic heterocycles. The molecule has 0 spiro atoms. The first-order valence-corrected chi connectivity index (χ1v) is 14.4. The average molecular weight is 552 g/mol. The van der Waals surface area contributed by atoms with Gasteiger partial charge >= 0.3 is 0 Å². The van der Waals surface area contributed by atoms with E-state index in [-0.39, 0.29) is 29.1 Å². The van der Waals surface area contributed by atoms with Gasteiger partial charge in [-0.1, -0.05) is 61.5 Å². The Kier molecular flexibility index (Phi) is 10.1. The van der Waals surface area contributed by atoms with E-state index in [1.165, 1.54) is 24.1 Å². The van der Waals surface area contributed by atoms with Crippen molar-refractivity contribution in [1.29, 1.82) is 0 Å². The van der Waals surface area contributed by atoms with Crippen LogP contribution in [0.4, 0.5) is 5.69 Å². The van der Waals surface area contributed by atoms with Crippen LogP contribution in [0.15, 0.2) is 83.8 Å². The van der Waals surface area contributed by atoms with Crippen LogP contribution >= 0.6 is 0 Å². The summed E-state index contributed by atoms with van der Waals surface area (Å²) in [4.78, 5) is 28.6. The molecule has 0 radical (unpaired) electrons. The SMILES string of the molecule is CC[C@@H](C)NC(=O)[C@@H](C)N(Cc1ccccc1)C(=O)CN(c1cc(C)ccc1OC)S(=O)(=O)c1ccccc1. The van der Waals surface area contributed by atoms with E-state index in [4.69, 9.17) is 4.74 Å². The number of carbonyl (C=O) groups excluding carboxylic acids is 2. The van der Waals surface area contributed by atoms with Gasteiger partial charge in [0.1, 0.15) is 18.3 Å². The lowest BCUT2D eigenvalue weighted by atomic mass is 10.1. The van der Waals surface area contributed by atoms with Gasteiger partial charge < -0.3 is 15.0 Å². The Morgan fingerprint density at radius 3 is 2.15 bits per heavy atom.